The SMILES string of the molecule is NCc1cn(CC(=O)Nc2cc(Cl)ccc2Cl)nn1. The van der Waals surface area contributed by atoms with Crippen LogP contribution in [0.3, 0.4) is 0 Å². The summed E-state index contributed by atoms with van der Waals surface area (Å²) in [7, 11) is 0. The van der Waals surface area contributed by atoms with Gasteiger partial charge < -0.3 is 11.1 Å². The third-order valence-electron chi connectivity index (χ3n) is 2.30. The number of anilines is 1. The van der Waals surface area contributed by atoms with E-state index in [1.54, 1.807) is 24.4 Å². The van der Waals surface area contributed by atoms with Crippen molar-refractivity contribution in [3.05, 3.63) is 40.1 Å². The summed E-state index contributed by atoms with van der Waals surface area (Å²) in [5, 5.41) is 11.1. The zero-order valence-electron chi connectivity index (χ0n) is 9.81. The fraction of sp³-hybridized carbons (Fsp3) is 0.182. The molecule has 6 nitrogen and oxygen atoms in total. The highest BCUT2D eigenvalue weighted by molar-refractivity contribution is 6.35. The molecule has 0 fully saturated rings. The zero-order valence-corrected chi connectivity index (χ0v) is 11.3. The van der Waals surface area contributed by atoms with Gasteiger partial charge in [0.2, 0.25) is 5.91 Å². The maximum atomic E-state index is 11.8. The monoisotopic (exact) mass is 299 g/mol. The van der Waals surface area contributed by atoms with Crippen molar-refractivity contribution in [2.24, 2.45) is 5.73 Å². The third kappa shape index (κ3) is 3.66. The molecule has 100 valence electrons. The Morgan fingerprint density at radius 2 is 2.21 bits per heavy atom. The van der Waals surface area contributed by atoms with Crippen molar-refractivity contribution < 1.29 is 4.79 Å². The van der Waals surface area contributed by atoms with Crippen LogP contribution in [0.1, 0.15) is 5.69 Å². The van der Waals surface area contributed by atoms with Gasteiger partial charge in [0, 0.05) is 11.6 Å². The summed E-state index contributed by atoms with van der Waals surface area (Å²) >= 11 is 11.8. The second kappa shape index (κ2) is 6.01. The first kappa shape index (κ1) is 13.8. The Hall–Kier alpha value is -1.63. The number of carbonyl (C=O) groups is 1. The highest BCUT2D eigenvalue weighted by Crippen LogP contribution is 2.25. The van der Waals surface area contributed by atoms with Crippen molar-refractivity contribution in [1.29, 1.82) is 0 Å². The third-order valence-corrected chi connectivity index (χ3v) is 2.87. The average Bonchev–Trinajstić information content (AvgIpc) is 2.81. The predicted octanol–water partition coefficient (Wildman–Crippen LogP) is 1.68. The minimum Gasteiger partial charge on any atom is -0.325 e. The van der Waals surface area contributed by atoms with Crippen molar-refractivity contribution in [2.75, 3.05) is 5.32 Å². The lowest BCUT2D eigenvalue weighted by Crippen LogP contribution is -2.19. The van der Waals surface area contributed by atoms with E-state index >= 15 is 0 Å². The van der Waals surface area contributed by atoms with Crippen LogP contribution in [0.2, 0.25) is 10.0 Å². The van der Waals surface area contributed by atoms with Gasteiger partial charge >= 0.3 is 0 Å². The minimum atomic E-state index is -0.280. The Morgan fingerprint density at radius 3 is 2.89 bits per heavy atom. The average molecular weight is 300 g/mol. The molecule has 0 atom stereocenters. The van der Waals surface area contributed by atoms with Gasteiger partial charge in [-0.1, -0.05) is 28.4 Å². The molecule has 1 amide bonds. The van der Waals surface area contributed by atoms with Crippen molar-refractivity contribution in [2.45, 2.75) is 13.1 Å². The maximum Gasteiger partial charge on any atom is 0.246 e. The topological polar surface area (TPSA) is 85.8 Å². The van der Waals surface area contributed by atoms with Gasteiger partial charge in [-0.3, -0.25) is 4.79 Å². The summed E-state index contributed by atoms with van der Waals surface area (Å²) in [5.74, 6) is -0.280. The van der Waals surface area contributed by atoms with E-state index in [-0.39, 0.29) is 19.0 Å². The van der Waals surface area contributed by atoms with E-state index in [9.17, 15) is 4.79 Å². The lowest BCUT2D eigenvalue weighted by molar-refractivity contribution is -0.116. The Kier molecular flexibility index (Phi) is 4.36. The number of nitrogens with two attached hydrogens (primary N) is 1. The molecule has 0 aliphatic carbocycles. The van der Waals surface area contributed by atoms with Crippen LogP contribution in [-0.2, 0) is 17.9 Å². The molecule has 1 aromatic carbocycles. The molecule has 0 radical (unpaired) electrons. The summed E-state index contributed by atoms with van der Waals surface area (Å²) in [6, 6.07) is 4.83. The fourth-order valence-corrected chi connectivity index (χ4v) is 1.78. The minimum absolute atomic E-state index is 0.0237. The summed E-state index contributed by atoms with van der Waals surface area (Å²) in [6.07, 6.45) is 1.61. The fourth-order valence-electron chi connectivity index (χ4n) is 1.44. The van der Waals surface area contributed by atoms with Gasteiger partial charge in [0.25, 0.3) is 0 Å². The molecule has 0 unspecified atom stereocenters. The van der Waals surface area contributed by atoms with E-state index in [2.05, 4.69) is 15.6 Å². The molecule has 0 aliphatic heterocycles. The lowest BCUT2D eigenvalue weighted by atomic mass is 10.3. The van der Waals surface area contributed by atoms with Crippen LogP contribution in [0.5, 0.6) is 0 Å². The summed E-state index contributed by atoms with van der Waals surface area (Å²) in [4.78, 5) is 11.8. The van der Waals surface area contributed by atoms with Crippen molar-refractivity contribution in [3.8, 4) is 0 Å². The van der Waals surface area contributed by atoms with Crippen molar-refractivity contribution in [1.82, 2.24) is 15.0 Å². The van der Waals surface area contributed by atoms with Gasteiger partial charge in [0.05, 0.1) is 22.6 Å². The molecule has 1 aromatic heterocycles. The van der Waals surface area contributed by atoms with E-state index in [1.807, 2.05) is 0 Å². The highest BCUT2D eigenvalue weighted by atomic mass is 35.5. The molecule has 3 N–H and O–H groups in total. The van der Waals surface area contributed by atoms with Gasteiger partial charge in [-0.2, -0.15) is 0 Å². The molecule has 2 rings (SSSR count). The standard InChI is InChI=1S/C11H11Cl2N5O/c12-7-1-2-9(13)10(3-7)15-11(19)6-18-5-8(4-14)16-17-18/h1-3,5H,4,6,14H2,(H,15,19). The molecular formula is C11H11Cl2N5O. The maximum absolute atomic E-state index is 11.8. The molecule has 0 saturated carbocycles. The van der Waals surface area contributed by atoms with Crippen LogP contribution in [0.25, 0.3) is 0 Å². The van der Waals surface area contributed by atoms with Crippen LogP contribution in [0.15, 0.2) is 24.4 Å². The number of amides is 1. The van der Waals surface area contributed by atoms with Gasteiger partial charge in [-0.05, 0) is 18.2 Å². The number of halogens is 2. The lowest BCUT2D eigenvalue weighted by Gasteiger charge is -2.07. The number of benzene rings is 1. The van der Waals surface area contributed by atoms with Crippen LogP contribution in [-0.4, -0.2) is 20.9 Å². The van der Waals surface area contributed by atoms with Gasteiger partial charge in [-0.25, -0.2) is 4.68 Å². The number of nitrogens with one attached hydrogen (secondary N) is 1. The Balaban J connectivity index is 2.03. The first-order valence-corrected chi connectivity index (χ1v) is 6.18. The van der Waals surface area contributed by atoms with Crippen LogP contribution in [0, 0.1) is 0 Å². The van der Waals surface area contributed by atoms with Crippen LogP contribution < -0.4 is 11.1 Å². The first-order chi connectivity index (χ1) is 9.08. The quantitative estimate of drug-likeness (QED) is 0.899. The van der Waals surface area contributed by atoms with Gasteiger partial charge in [0.1, 0.15) is 6.54 Å². The smallest absolute Gasteiger partial charge is 0.246 e. The molecule has 19 heavy (non-hydrogen) atoms. The first-order valence-electron chi connectivity index (χ1n) is 5.42. The Bertz CT molecular complexity index is 599. The van der Waals surface area contributed by atoms with Crippen molar-refractivity contribution in [3.63, 3.8) is 0 Å². The summed E-state index contributed by atoms with van der Waals surface area (Å²) in [6.45, 7) is 0.303. The highest BCUT2D eigenvalue weighted by Gasteiger charge is 2.08. The predicted molar refractivity (Wildman–Crippen MR) is 73.0 cm³/mol. The number of hydrogen-bond donors (Lipinski definition) is 2. The number of aromatic nitrogens is 3. The number of hydrogen-bond acceptors (Lipinski definition) is 4. The normalized spacial score (nSPS) is 10.5. The molecule has 2 aromatic rings. The second-order valence-corrected chi connectivity index (χ2v) is 4.63. The molecule has 0 bridgehead atoms. The van der Waals surface area contributed by atoms with Crippen molar-refractivity contribution >= 4 is 34.8 Å². The van der Waals surface area contributed by atoms with E-state index < -0.39 is 0 Å². The number of carbonyl (C=O) groups excluding carboxylic acids is 1. The van der Waals surface area contributed by atoms with E-state index in [1.165, 1.54) is 4.68 Å². The summed E-state index contributed by atoms with van der Waals surface area (Å²) in [5.41, 5.74) is 6.48. The summed E-state index contributed by atoms with van der Waals surface area (Å²) < 4.78 is 1.40. The zero-order chi connectivity index (χ0) is 13.8. The van der Waals surface area contributed by atoms with E-state index in [0.29, 0.717) is 21.4 Å². The Labute approximate surface area is 119 Å². The largest absolute Gasteiger partial charge is 0.325 e. The molecular weight excluding hydrogens is 289 g/mol. The molecule has 8 heteroatoms. The van der Waals surface area contributed by atoms with E-state index in [4.69, 9.17) is 28.9 Å². The van der Waals surface area contributed by atoms with Gasteiger partial charge in [-0.15, -0.1) is 5.10 Å². The molecule has 0 spiro atoms. The van der Waals surface area contributed by atoms with Crippen LogP contribution >= 0.6 is 23.2 Å². The molecule has 0 aliphatic rings. The molecule has 1 heterocycles. The Morgan fingerprint density at radius 1 is 1.42 bits per heavy atom. The second-order valence-electron chi connectivity index (χ2n) is 3.78. The molecule has 0 saturated heterocycles. The number of nitrogens with zero attached hydrogens (tertiary/aromatic N) is 3. The van der Waals surface area contributed by atoms with Gasteiger partial charge in [0.15, 0.2) is 0 Å². The van der Waals surface area contributed by atoms with E-state index in [0.717, 1.165) is 0 Å². The number of rotatable bonds is 4. The van der Waals surface area contributed by atoms with Crippen LogP contribution in [0.4, 0.5) is 5.69 Å².